The minimum absolute atomic E-state index is 0.367. The van der Waals surface area contributed by atoms with Crippen molar-refractivity contribution < 1.29 is 5.11 Å². The third-order valence-corrected chi connectivity index (χ3v) is 3.20. The molecular formula is C15H16O. The molecule has 0 radical (unpaired) electrons. The number of hydrogen-bond acceptors (Lipinski definition) is 1. The van der Waals surface area contributed by atoms with Crippen molar-refractivity contribution in [2.45, 2.75) is 20.8 Å². The van der Waals surface area contributed by atoms with E-state index in [1.807, 2.05) is 43.3 Å². The van der Waals surface area contributed by atoms with Crippen LogP contribution >= 0.6 is 0 Å². The summed E-state index contributed by atoms with van der Waals surface area (Å²) in [5, 5.41) is 10.1. The normalized spacial score (nSPS) is 10.4. The topological polar surface area (TPSA) is 20.2 Å². The van der Waals surface area contributed by atoms with Crippen molar-refractivity contribution in [3.05, 3.63) is 53.1 Å². The van der Waals surface area contributed by atoms with E-state index in [4.69, 9.17) is 0 Å². The van der Waals surface area contributed by atoms with Gasteiger partial charge in [0.15, 0.2) is 0 Å². The molecule has 0 saturated carbocycles. The molecule has 0 amide bonds. The van der Waals surface area contributed by atoms with Gasteiger partial charge in [0.25, 0.3) is 0 Å². The van der Waals surface area contributed by atoms with Crippen molar-refractivity contribution in [1.29, 1.82) is 0 Å². The Labute approximate surface area is 96.4 Å². The quantitative estimate of drug-likeness (QED) is 0.758. The number of hydrogen-bond donors (Lipinski definition) is 1. The smallest absolute Gasteiger partial charge is 0.123 e. The van der Waals surface area contributed by atoms with Gasteiger partial charge in [-0.3, -0.25) is 0 Å². The fraction of sp³-hybridized carbons (Fsp3) is 0.200. The summed E-state index contributed by atoms with van der Waals surface area (Å²) in [6, 6.07) is 11.8. The molecule has 0 heterocycles. The second-order valence-corrected chi connectivity index (χ2v) is 4.20. The maximum Gasteiger partial charge on any atom is 0.123 e. The minimum atomic E-state index is 0.367. The molecule has 0 unspecified atom stereocenters. The molecule has 2 rings (SSSR count). The second kappa shape index (κ2) is 4.01. The Balaban J connectivity index is 2.71. The van der Waals surface area contributed by atoms with E-state index in [0.29, 0.717) is 5.75 Å². The number of benzene rings is 2. The molecule has 0 aromatic heterocycles. The predicted molar refractivity (Wildman–Crippen MR) is 67.8 cm³/mol. The van der Waals surface area contributed by atoms with Gasteiger partial charge < -0.3 is 5.11 Å². The lowest BCUT2D eigenvalue weighted by Crippen LogP contribution is -1.91. The molecular weight excluding hydrogens is 196 g/mol. The first-order valence-corrected chi connectivity index (χ1v) is 5.46. The second-order valence-electron chi connectivity index (χ2n) is 4.20. The van der Waals surface area contributed by atoms with Crippen molar-refractivity contribution >= 4 is 0 Å². The molecule has 0 fully saturated rings. The Hall–Kier alpha value is -1.76. The molecule has 1 heteroatoms. The van der Waals surface area contributed by atoms with Crippen molar-refractivity contribution in [2.24, 2.45) is 0 Å². The lowest BCUT2D eigenvalue weighted by Gasteiger charge is -2.13. The van der Waals surface area contributed by atoms with Crippen LogP contribution < -0.4 is 0 Å². The standard InChI is InChI=1S/C15H16O/c1-10-9-14(16)15(12(3)11(10)2)13-7-5-4-6-8-13/h4-9,16H,1-3H3. The first-order chi connectivity index (χ1) is 7.61. The van der Waals surface area contributed by atoms with E-state index in [2.05, 4.69) is 13.8 Å². The zero-order valence-electron chi connectivity index (χ0n) is 9.91. The highest BCUT2D eigenvalue weighted by Crippen LogP contribution is 2.35. The SMILES string of the molecule is Cc1cc(O)c(-c2ccccc2)c(C)c1C. The average molecular weight is 212 g/mol. The predicted octanol–water partition coefficient (Wildman–Crippen LogP) is 3.98. The van der Waals surface area contributed by atoms with Crippen LogP contribution in [0, 0.1) is 20.8 Å². The first-order valence-electron chi connectivity index (χ1n) is 5.46. The Bertz CT molecular complexity index is 513. The van der Waals surface area contributed by atoms with E-state index >= 15 is 0 Å². The number of aryl methyl sites for hydroxylation is 1. The number of phenols is 1. The van der Waals surface area contributed by atoms with E-state index in [9.17, 15) is 5.11 Å². The number of phenolic OH excluding ortho intramolecular Hbond substituents is 1. The van der Waals surface area contributed by atoms with Gasteiger partial charge in [-0.15, -0.1) is 0 Å². The highest BCUT2D eigenvalue weighted by Gasteiger charge is 2.11. The van der Waals surface area contributed by atoms with E-state index in [0.717, 1.165) is 22.3 Å². The Morgan fingerprint density at radius 3 is 2.12 bits per heavy atom. The summed E-state index contributed by atoms with van der Waals surface area (Å²) in [4.78, 5) is 0. The Morgan fingerprint density at radius 2 is 1.50 bits per heavy atom. The van der Waals surface area contributed by atoms with Crippen LogP contribution in [0.15, 0.2) is 36.4 Å². The van der Waals surface area contributed by atoms with Crippen LogP contribution in [0.5, 0.6) is 5.75 Å². The molecule has 0 saturated heterocycles. The summed E-state index contributed by atoms with van der Waals surface area (Å²) in [5.74, 6) is 0.367. The van der Waals surface area contributed by atoms with Crippen LogP contribution in [0.1, 0.15) is 16.7 Å². The molecule has 16 heavy (non-hydrogen) atoms. The number of rotatable bonds is 1. The fourth-order valence-corrected chi connectivity index (χ4v) is 2.03. The molecule has 1 N–H and O–H groups in total. The maximum absolute atomic E-state index is 10.1. The van der Waals surface area contributed by atoms with E-state index < -0.39 is 0 Å². The molecule has 2 aromatic rings. The van der Waals surface area contributed by atoms with Gasteiger partial charge in [-0.25, -0.2) is 0 Å². The summed E-state index contributed by atoms with van der Waals surface area (Å²) < 4.78 is 0. The Kier molecular flexibility index (Phi) is 2.69. The van der Waals surface area contributed by atoms with Crippen LogP contribution in [0.2, 0.25) is 0 Å². The summed E-state index contributed by atoms with van der Waals surface area (Å²) in [6.45, 7) is 6.18. The highest BCUT2D eigenvalue weighted by molar-refractivity contribution is 5.75. The Morgan fingerprint density at radius 1 is 0.875 bits per heavy atom. The highest BCUT2D eigenvalue weighted by atomic mass is 16.3. The van der Waals surface area contributed by atoms with Gasteiger partial charge in [-0.2, -0.15) is 0 Å². The summed E-state index contributed by atoms with van der Waals surface area (Å²) in [7, 11) is 0. The molecule has 2 aromatic carbocycles. The summed E-state index contributed by atoms with van der Waals surface area (Å²) in [6.07, 6.45) is 0. The van der Waals surface area contributed by atoms with E-state index in [1.165, 1.54) is 5.56 Å². The molecule has 0 atom stereocenters. The third-order valence-electron chi connectivity index (χ3n) is 3.20. The zero-order valence-corrected chi connectivity index (χ0v) is 9.91. The number of aromatic hydroxyl groups is 1. The van der Waals surface area contributed by atoms with Crippen LogP contribution in [-0.2, 0) is 0 Å². The van der Waals surface area contributed by atoms with Crippen LogP contribution in [0.25, 0.3) is 11.1 Å². The molecule has 0 aliphatic carbocycles. The van der Waals surface area contributed by atoms with Crippen LogP contribution in [-0.4, -0.2) is 5.11 Å². The molecule has 82 valence electrons. The first kappa shape index (κ1) is 10.7. The van der Waals surface area contributed by atoms with Crippen LogP contribution in [0.4, 0.5) is 0 Å². The van der Waals surface area contributed by atoms with Gasteiger partial charge in [-0.05, 0) is 49.1 Å². The van der Waals surface area contributed by atoms with Crippen molar-refractivity contribution in [2.75, 3.05) is 0 Å². The molecule has 0 aliphatic heterocycles. The fourth-order valence-electron chi connectivity index (χ4n) is 2.03. The van der Waals surface area contributed by atoms with Crippen molar-refractivity contribution in [1.82, 2.24) is 0 Å². The lowest BCUT2D eigenvalue weighted by molar-refractivity contribution is 0.476. The largest absolute Gasteiger partial charge is 0.507 e. The van der Waals surface area contributed by atoms with Crippen molar-refractivity contribution in [3.63, 3.8) is 0 Å². The monoisotopic (exact) mass is 212 g/mol. The van der Waals surface area contributed by atoms with Crippen LogP contribution in [0.3, 0.4) is 0 Å². The van der Waals surface area contributed by atoms with E-state index in [1.54, 1.807) is 0 Å². The van der Waals surface area contributed by atoms with Crippen molar-refractivity contribution in [3.8, 4) is 16.9 Å². The van der Waals surface area contributed by atoms with E-state index in [-0.39, 0.29) is 0 Å². The third kappa shape index (κ3) is 1.69. The summed E-state index contributed by atoms with van der Waals surface area (Å²) >= 11 is 0. The molecule has 0 spiro atoms. The van der Waals surface area contributed by atoms with Gasteiger partial charge in [-0.1, -0.05) is 30.3 Å². The van der Waals surface area contributed by atoms with Gasteiger partial charge in [0.1, 0.15) is 5.75 Å². The van der Waals surface area contributed by atoms with Gasteiger partial charge >= 0.3 is 0 Å². The molecule has 0 bridgehead atoms. The minimum Gasteiger partial charge on any atom is -0.507 e. The molecule has 0 aliphatic rings. The maximum atomic E-state index is 10.1. The van der Waals surface area contributed by atoms with Gasteiger partial charge in [0.2, 0.25) is 0 Å². The summed E-state index contributed by atoms with van der Waals surface area (Å²) in [5.41, 5.74) is 5.55. The molecule has 1 nitrogen and oxygen atoms in total. The van der Waals surface area contributed by atoms with Gasteiger partial charge in [0.05, 0.1) is 0 Å². The average Bonchev–Trinajstić information content (AvgIpc) is 2.28. The lowest BCUT2D eigenvalue weighted by atomic mass is 9.93. The zero-order chi connectivity index (χ0) is 11.7. The van der Waals surface area contributed by atoms with Gasteiger partial charge in [0, 0.05) is 5.56 Å².